The van der Waals surface area contributed by atoms with Gasteiger partial charge < -0.3 is 4.74 Å². The maximum absolute atomic E-state index is 12.9. The third-order valence-corrected chi connectivity index (χ3v) is 6.18. The minimum atomic E-state index is -0.287. The Morgan fingerprint density at radius 1 is 0.931 bits per heavy atom. The second kappa shape index (κ2) is 11.1. The van der Waals surface area contributed by atoms with Gasteiger partial charge in [0.2, 0.25) is 0 Å². The van der Waals surface area contributed by atoms with Crippen LogP contribution in [-0.2, 0) is 22.6 Å². The summed E-state index contributed by atoms with van der Waals surface area (Å²) in [6.07, 6.45) is 11.0. The van der Waals surface area contributed by atoms with Gasteiger partial charge in [-0.05, 0) is 66.3 Å². The van der Waals surface area contributed by atoms with Crippen LogP contribution in [0.2, 0.25) is 0 Å². The number of carbonyl (C=O) groups excluding carboxylic acids is 1. The summed E-state index contributed by atoms with van der Waals surface area (Å²) in [5, 5.41) is 0. The average molecular weight is 397 g/mol. The summed E-state index contributed by atoms with van der Waals surface area (Å²) in [4.78, 5) is 12.1. The monoisotopic (exact) mass is 396 g/mol. The molecule has 2 aromatic carbocycles. The molecule has 1 aliphatic rings. The minimum Gasteiger partial charge on any atom is -0.461 e. The molecule has 29 heavy (non-hydrogen) atoms. The molecule has 2 nitrogen and oxygen atoms in total. The van der Waals surface area contributed by atoms with E-state index >= 15 is 0 Å². The first-order valence-corrected chi connectivity index (χ1v) is 11.1. The van der Waals surface area contributed by atoms with Crippen molar-refractivity contribution in [1.29, 1.82) is 0 Å². The molecule has 156 valence electrons. The van der Waals surface area contributed by atoms with E-state index in [0.717, 1.165) is 17.0 Å². The van der Waals surface area contributed by atoms with E-state index in [1.807, 2.05) is 0 Å². The number of rotatable bonds is 9. The van der Waals surface area contributed by atoms with E-state index in [4.69, 9.17) is 4.74 Å². The van der Waals surface area contributed by atoms with Crippen molar-refractivity contribution in [3.63, 3.8) is 0 Å². The van der Waals surface area contributed by atoms with Gasteiger partial charge in [0.15, 0.2) is 0 Å². The molecule has 0 aliphatic heterocycles. The number of unbranched alkanes of at least 4 members (excludes halogenated alkanes) is 2. The smallest absolute Gasteiger partial charge is 0.310 e. The molecule has 1 aliphatic carbocycles. The van der Waals surface area contributed by atoms with Crippen molar-refractivity contribution in [3.8, 4) is 0 Å². The Kier molecular flexibility index (Phi) is 8.27. The summed E-state index contributed by atoms with van der Waals surface area (Å²) in [6, 6.07) is 14.5. The third kappa shape index (κ3) is 6.99. The van der Waals surface area contributed by atoms with Gasteiger partial charge in [-0.1, -0.05) is 69.0 Å². The van der Waals surface area contributed by atoms with E-state index in [-0.39, 0.29) is 24.8 Å². The predicted molar refractivity (Wildman–Crippen MR) is 115 cm³/mol. The lowest BCUT2D eigenvalue weighted by Crippen LogP contribution is -2.13. The van der Waals surface area contributed by atoms with Gasteiger partial charge in [0, 0.05) is 0 Å². The summed E-state index contributed by atoms with van der Waals surface area (Å²) in [7, 11) is 0. The largest absolute Gasteiger partial charge is 0.461 e. The van der Waals surface area contributed by atoms with Crippen LogP contribution >= 0.6 is 0 Å². The Morgan fingerprint density at radius 2 is 1.59 bits per heavy atom. The molecule has 0 atom stereocenters. The molecule has 0 bridgehead atoms. The first kappa shape index (κ1) is 21.5. The van der Waals surface area contributed by atoms with Gasteiger partial charge in [0.1, 0.15) is 12.4 Å². The molecule has 1 fully saturated rings. The van der Waals surface area contributed by atoms with E-state index < -0.39 is 0 Å². The number of benzene rings is 2. The van der Waals surface area contributed by atoms with Gasteiger partial charge >= 0.3 is 5.97 Å². The lowest BCUT2D eigenvalue weighted by Gasteiger charge is -2.29. The lowest BCUT2D eigenvalue weighted by molar-refractivity contribution is -0.144. The van der Waals surface area contributed by atoms with E-state index in [0.29, 0.717) is 5.92 Å². The van der Waals surface area contributed by atoms with Crippen LogP contribution < -0.4 is 0 Å². The highest BCUT2D eigenvalue weighted by Crippen LogP contribution is 2.37. The highest BCUT2D eigenvalue weighted by Gasteiger charge is 2.22. The van der Waals surface area contributed by atoms with Gasteiger partial charge in [0.05, 0.1) is 6.42 Å². The molecule has 0 spiro atoms. The first-order valence-electron chi connectivity index (χ1n) is 11.1. The Morgan fingerprint density at radius 3 is 2.24 bits per heavy atom. The number of hydrogen-bond donors (Lipinski definition) is 0. The molecule has 1 saturated carbocycles. The summed E-state index contributed by atoms with van der Waals surface area (Å²) >= 11 is 0. The van der Waals surface area contributed by atoms with Gasteiger partial charge in [-0.25, -0.2) is 4.39 Å². The molecule has 3 rings (SSSR count). The Balaban J connectivity index is 1.41. The van der Waals surface area contributed by atoms with E-state index in [1.165, 1.54) is 69.1 Å². The quantitative estimate of drug-likeness (QED) is 0.338. The van der Waals surface area contributed by atoms with Crippen molar-refractivity contribution in [3.05, 3.63) is 71.0 Å². The Hall–Kier alpha value is -2.16. The standard InChI is InChI=1S/C26H33FO2/c1-2-3-4-5-20-6-12-23(13-7-20)24-14-8-21(9-15-24)18-26(28)29-19-22-10-16-25(27)17-11-22/h8-11,14-17,20,23H,2-7,12-13,18-19H2,1H3/t20-,23-. The molecule has 0 saturated heterocycles. The first-order chi connectivity index (χ1) is 14.1. The van der Waals surface area contributed by atoms with E-state index in [1.54, 1.807) is 12.1 Å². The maximum Gasteiger partial charge on any atom is 0.310 e. The zero-order valence-corrected chi connectivity index (χ0v) is 17.5. The van der Waals surface area contributed by atoms with Crippen LogP contribution in [0.5, 0.6) is 0 Å². The molecule has 0 amide bonds. The van der Waals surface area contributed by atoms with Gasteiger partial charge in [-0.15, -0.1) is 0 Å². The number of esters is 1. The Labute approximate surface area is 174 Å². The predicted octanol–water partition coefficient (Wildman–Crippen LogP) is 6.97. The molecule has 0 unspecified atom stereocenters. The molecule has 0 N–H and O–H groups in total. The van der Waals surface area contributed by atoms with Crippen LogP contribution in [0.15, 0.2) is 48.5 Å². The number of hydrogen-bond acceptors (Lipinski definition) is 2. The van der Waals surface area contributed by atoms with Crippen molar-refractivity contribution in [1.82, 2.24) is 0 Å². The minimum absolute atomic E-state index is 0.179. The fourth-order valence-corrected chi connectivity index (χ4v) is 4.34. The second-order valence-corrected chi connectivity index (χ2v) is 8.42. The third-order valence-electron chi connectivity index (χ3n) is 6.18. The van der Waals surface area contributed by atoms with Crippen LogP contribution in [-0.4, -0.2) is 5.97 Å². The molecule has 0 aromatic heterocycles. The zero-order chi connectivity index (χ0) is 20.5. The fourth-order valence-electron chi connectivity index (χ4n) is 4.34. The zero-order valence-electron chi connectivity index (χ0n) is 17.5. The Bertz CT molecular complexity index is 743. The highest BCUT2D eigenvalue weighted by molar-refractivity contribution is 5.72. The topological polar surface area (TPSA) is 26.3 Å². The van der Waals surface area contributed by atoms with Crippen molar-refractivity contribution in [2.24, 2.45) is 5.92 Å². The number of carbonyl (C=O) groups is 1. The molecular formula is C26H33FO2. The van der Waals surface area contributed by atoms with Crippen molar-refractivity contribution in [2.45, 2.75) is 77.2 Å². The van der Waals surface area contributed by atoms with Crippen LogP contribution in [0, 0.1) is 11.7 Å². The number of ether oxygens (including phenoxy) is 1. The maximum atomic E-state index is 12.9. The van der Waals surface area contributed by atoms with Gasteiger partial charge in [-0.2, -0.15) is 0 Å². The normalized spacial score (nSPS) is 19.1. The summed E-state index contributed by atoms with van der Waals surface area (Å²) in [5.41, 5.74) is 3.17. The van der Waals surface area contributed by atoms with E-state index in [2.05, 4.69) is 31.2 Å². The van der Waals surface area contributed by atoms with Crippen LogP contribution in [0.3, 0.4) is 0 Å². The van der Waals surface area contributed by atoms with Crippen LogP contribution in [0.25, 0.3) is 0 Å². The number of halogens is 1. The molecule has 0 heterocycles. The van der Waals surface area contributed by atoms with Crippen LogP contribution in [0.1, 0.15) is 80.9 Å². The average Bonchev–Trinajstić information content (AvgIpc) is 2.75. The van der Waals surface area contributed by atoms with E-state index in [9.17, 15) is 9.18 Å². The fraction of sp³-hybridized carbons (Fsp3) is 0.500. The van der Waals surface area contributed by atoms with Crippen molar-refractivity contribution >= 4 is 5.97 Å². The van der Waals surface area contributed by atoms with Gasteiger partial charge in [0.25, 0.3) is 0 Å². The molecule has 3 heteroatoms. The molecule has 0 radical (unpaired) electrons. The summed E-state index contributed by atoms with van der Waals surface area (Å²) < 4.78 is 18.2. The highest BCUT2D eigenvalue weighted by atomic mass is 19.1. The lowest BCUT2D eigenvalue weighted by atomic mass is 9.77. The van der Waals surface area contributed by atoms with Crippen LogP contribution in [0.4, 0.5) is 4.39 Å². The SMILES string of the molecule is CCCCC[C@H]1CC[C@H](c2ccc(CC(=O)OCc3ccc(F)cc3)cc2)CC1. The molecule has 2 aromatic rings. The van der Waals surface area contributed by atoms with Crippen molar-refractivity contribution in [2.75, 3.05) is 0 Å². The van der Waals surface area contributed by atoms with Crippen molar-refractivity contribution < 1.29 is 13.9 Å². The summed E-state index contributed by atoms with van der Waals surface area (Å²) in [5.74, 6) is 1.05. The van der Waals surface area contributed by atoms with Gasteiger partial charge in [-0.3, -0.25) is 4.79 Å². The molecular weight excluding hydrogens is 363 g/mol. The summed E-state index contributed by atoms with van der Waals surface area (Å²) in [6.45, 7) is 2.45. The second-order valence-electron chi connectivity index (χ2n) is 8.42.